The van der Waals surface area contributed by atoms with E-state index in [0.717, 1.165) is 6.42 Å². The Balaban J connectivity index is 2.78. The lowest BCUT2D eigenvalue weighted by Gasteiger charge is -1.96. The lowest BCUT2D eigenvalue weighted by molar-refractivity contribution is 0.232. The molecule has 0 aromatic rings. The highest BCUT2D eigenvalue weighted by atomic mass is 16.3. The number of aliphatic hydroxyl groups is 1. The zero-order valence-electron chi connectivity index (χ0n) is 6.86. The minimum atomic E-state index is 0.0806. The van der Waals surface area contributed by atoms with Gasteiger partial charge in [0.05, 0.1) is 6.61 Å². The maximum Gasteiger partial charge on any atom is 0.0531 e. The van der Waals surface area contributed by atoms with Crippen LogP contribution in [0.25, 0.3) is 0 Å². The second-order valence-electron chi connectivity index (χ2n) is 3.50. The first-order valence-corrected chi connectivity index (χ1v) is 3.63. The highest BCUT2D eigenvalue weighted by Gasteiger charge is 2.43. The largest absolute Gasteiger partial charge is 0.395 e. The van der Waals surface area contributed by atoms with Gasteiger partial charge in [-0.2, -0.15) is 0 Å². The van der Waals surface area contributed by atoms with Gasteiger partial charge in [0.2, 0.25) is 0 Å². The molecule has 1 unspecified atom stereocenters. The van der Waals surface area contributed by atoms with E-state index in [1.165, 1.54) is 11.1 Å². The summed E-state index contributed by atoms with van der Waals surface area (Å²) in [6, 6.07) is 0. The summed E-state index contributed by atoms with van der Waals surface area (Å²) in [5.74, 6) is 0. The van der Waals surface area contributed by atoms with Crippen LogP contribution < -0.4 is 0 Å². The Morgan fingerprint density at radius 1 is 1.70 bits per heavy atom. The molecule has 0 amide bonds. The summed E-state index contributed by atoms with van der Waals surface area (Å²) in [6.45, 7) is 6.40. The van der Waals surface area contributed by atoms with Crippen LogP contribution in [0.2, 0.25) is 0 Å². The van der Waals surface area contributed by atoms with Crippen LogP contribution in [0, 0.1) is 5.41 Å². The van der Waals surface area contributed by atoms with Crippen LogP contribution in [0.4, 0.5) is 0 Å². The molecule has 0 aromatic heterocycles. The standard InChI is InChI=1S/C9H14O/c1-7(2)4-8-5-9(8,3)6-10/h10H,5-6H2,1-3H3. The molecule has 1 aliphatic carbocycles. The number of aliphatic hydroxyl groups excluding tert-OH is 1. The fourth-order valence-corrected chi connectivity index (χ4v) is 0.994. The van der Waals surface area contributed by atoms with Crippen LogP contribution in [0.3, 0.4) is 0 Å². The zero-order valence-corrected chi connectivity index (χ0v) is 6.86. The summed E-state index contributed by atoms with van der Waals surface area (Å²) in [6.07, 6.45) is 1.02. The van der Waals surface area contributed by atoms with Crippen LogP contribution in [0.5, 0.6) is 0 Å². The summed E-state index contributed by atoms with van der Waals surface area (Å²) < 4.78 is 0. The normalized spacial score (nSPS) is 29.8. The monoisotopic (exact) mass is 138 g/mol. The van der Waals surface area contributed by atoms with E-state index in [-0.39, 0.29) is 12.0 Å². The second kappa shape index (κ2) is 2.26. The summed E-state index contributed by atoms with van der Waals surface area (Å²) in [5.41, 5.74) is 5.79. The van der Waals surface area contributed by atoms with E-state index in [2.05, 4.69) is 12.7 Å². The SMILES string of the molecule is CC(C)=C=C1CC1(C)CO. The van der Waals surface area contributed by atoms with Crippen molar-refractivity contribution in [3.8, 4) is 0 Å². The molecule has 10 heavy (non-hydrogen) atoms. The number of rotatable bonds is 1. The van der Waals surface area contributed by atoms with Crippen molar-refractivity contribution in [3.05, 3.63) is 16.9 Å². The van der Waals surface area contributed by atoms with Crippen molar-refractivity contribution in [2.24, 2.45) is 5.41 Å². The summed E-state index contributed by atoms with van der Waals surface area (Å²) >= 11 is 0. The molecule has 0 bridgehead atoms. The lowest BCUT2D eigenvalue weighted by atomic mass is 10.1. The van der Waals surface area contributed by atoms with Gasteiger partial charge >= 0.3 is 0 Å². The molecule has 0 radical (unpaired) electrons. The molecule has 1 saturated carbocycles. The third-order valence-electron chi connectivity index (χ3n) is 1.92. The minimum absolute atomic E-state index is 0.0806. The second-order valence-corrected chi connectivity index (χ2v) is 3.50. The summed E-state index contributed by atoms with van der Waals surface area (Å²) in [4.78, 5) is 0. The minimum Gasteiger partial charge on any atom is -0.395 e. The van der Waals surface area contributed by atoms with E-state index in [1.807, 2.05) is 13.8 Å². The molecule has 0 heterocycles. The van der Waals surface area contributed by atoms with Crippen molar-refractivity contribution in [1.82, 2.24) is 0 Å². The predicted molar refractivity (Wildman–Crippen MR) is 41.7 cm³/mol. The van der Waals surface area contributed by atoms with Gasteiger partial charge in [0.15, 0.2) is 0 Å². The van der Waals surface area contributed by atoms with E-state index in [4.69, 9.17) is 5.11 Å². The van der Waals surface area contributed by atoms with Gasteiger partial charge in [-0.25, -0.2) is 0 Å². The average Bonchev–Trinajstić information content (AvgIpc) is 2.43. The third-order valence-corrected chi connectivity index (χ3v) is 1.92. The fourth-order valence-electron chi connectivity index (χ4n) is 0.994. The average molecular weight is 138 g/mol. The van der Waals surface area contributed by atoms with Crippen LogP contribution in [0.1, 0.15) is 27.2 Å². The van der Waals surface area contributed by atoms with Gasteiger partial charge in [-0.15, -0.1) is 5.73 Å². The van der Waals surface area contributed by atoms with E-state index in [1.54, 1.807) is 0 Å². The van der Waals surface area contributed by atoms with E-state index >= 15 is 0 Å². The Morgan fingerprint density at radius 2 is 2.30 bits per heavy atom. The highest BCUT2D eigenvalue weighted by Crippen LogP contribution is 2.50. The van der Waals surface area contributed by atoms with Gasteiger partial charge < -0.3 is 5.11 Å². The van der Waals surface area contributed by atoms with Gasteiger partial charge in [0, 0.05) is 5.41 Å². The molecule has 56 valence electrons. The first-order chi connectivity index (χ1) is 4.58. The Hall–Kier alpha value is -0.520. The van der Waals surface area contributed by atoms with Crippen LogP contribution in [-0.2, 0) is 0 Å². The third kappa shape index (κ3) is 1.31. The molecule has 0 spiro atoms. The zero-order chi connectivity index (χ0) is 7.78. The highest BCUT2D eigenvalue weighted by molar-refractivity contribution is 5.31. The number of hydrogen-bond donors (Lipinski definition) is 1. The lowest BCUT2D eigenvalue weighted by Crippen LogP contribution is -1.98. The Kier molecular flexibility index (Phi) is 1.72. The van der Waals surface area contributed by atoms with Crippen molar-refractivity contribution in [2.75, 3.05) is 6.61 Å². The Bertz CT molecular complexity index is 205. The van der Waals surface area contributed by atoms with Crippen LogP contribution in [-0.4, -0.2) is 11.7 Å². The Labute approximate surface area is 62.1 Å². The maximum absolute atomic E-state index is 8.88. The fraction of sp³-hybridized carbons (Fsp3) is 0.667. The summed E-state index contributed by atoms with van der Waals surface area (Å²) in [5, 5.41) is 8.88. The first-order valence-electron chi connectivity index (χ1n) is 3.63. The molecule has 1 fully saturated rings. The van der Waals surface area contributed by atoms with Crippen molar-refractivity contribution < 1.29 is 5.11 Å². The molecule has 1 atom stereocenters. The molecule has 1 heteroatoms. The molecular formula is C9H14O. The molecular weight excluding hydrogens is 124 g/mol. The predicted octanol–water partition coefficient (Wildman–Crippen LogP) is 1.88. The van der Waals surface area contributed by atoms with E-state index in [0.29, 0.717) is 0 Å². The molecule has 0 aromatic carbocycles. The van der Waals surface area contributed by atoms with Crippen LogP contribution in [0.15, 0.2) is 16.9 Å². The van der Waals surface area contributed by atoms with Gasteiger partial charge in [-0.3, -0.25) is 0 Å². The first kappa shape index (κ1) is 7.59. The van der Waals surface area contributed by atoms with Gasteiger partial charge in [0.1, 0.15) is 0 Å². The van der Waals surface area contributed by atoms with Crippen LogP contribution >= 0.6 is 0 Å². The Morgan fingerprint density at radius 3 is 2.60 bits per heavy atom. The van der Waals surface area contributed by atoms with Gasteiger partial charge in [-0.05, 0) is 31.4 Å². The maximum atomic E-state index is 8.88. The van der Waals surface area contributed by atoms with Gasteiger partial charge in [0.25, 0.3) is 0 Å². The van der Waals surface area contributed by atoms with E-state index < -0.39 is 0 Å². The van der Waals surface area contributed by atoms with Gasteiger partial charge in [-0.1, -0.05) is 6.92 Å². The molecule has 0 aliphatic heterocycles. The van der Waals surface area contributed by atoms with E-state index in [9.17, 15) is 0 Å². The topological polar surface area (TPSA) is 20.2 Å². The molecule has 1 N–H and O–H groups in total. The van der Waals surface area contributed by atoms with Crippen molar-refractivity contribution in [3.63, 3.8) is 0 Å². The van der Waals surface area contributed by atoms with Crippen molar-refractivity contribution in [1.29, 1.82) is 0 Å². The molecule has 0 saturated heterocycles. The summed E-state index contributed by atoms with van der Waals surface area (Å²) in [7, 11) is 0. The van der Waals surface area contributed by atoms with Crippen molar-refractivity contribution in [2.45, 2.75) is 27.2 Å². The quantitative estimate of drug-likeness (QED) is 0.548. The molecule has 1 aliphatic rings. The number of hydrogen-bond acceptors (Lipinski definition) is 1. The smallest absolute Gasteiger partial charge is 0.0531 e. The molecule has 1 rings (SSSR count). The molecule has 1 nitrogen and oxygen atoms in total. The van der Waals surface area contributed by atoms with Crippen molar-refractivity contribution >= 4 is 0 Å².